The van der Waals surface area contributed by atoms with E-state index >= 15 is 0 Å². The topological polar surface area (TPSA) is 95.3 Å². The molecule has 2 aromatic carbocycles. The Morgan fingerprint density at radius 3 is 2.56 bits per heavy atom. The molecule has 0 bridgehead atoms. The van der Waals surface area contributed by atoms with Crippen LogP contribution in [0.1, 0.15) is 49.2 Å². The van der Waals surface area contributed by atoms with Gasteiger partial charge in [-0.25, -0.2) is 9.97 Å². The molecule has 6 nitrogen and oxygen atoms in total. The van der Waals surface area contributed by atoms with E-state index < -0.39 is 0 Å². The van der Waals surface area contributed by atoms with Crippen molar-refractivity contribution in [2.45, 2.75) is 46.5 Å². The molecule has 0 atom stereocenters. The van der Waals surface area contributed by atoms with E-state index in [1.165, 1.54) is 6.08 Å². The maximum absolute atomic E-state index is 12.7. The molecule has 1 heterocycles. The number of nitrogens with one attached hydrogen (secondary N) is 1. The highest BCUT2D eigenvalue weighted by atomic mass is 16.3. The lowest BCUT2D eigenvalue weighted by molar-refractivity contribution is -0.115. The maximum Gasteiger partial charge on any atom is 0.229 e. The summed E-state index contributed by atoms with van der Waals surface area (Å²) in [7, 11) is 0. The van der Waals surface area contributed by atoms with Crippen LogP contribution in [-0.4, -0.2) is 26.1 Å². The lowest BCUT2D eigenvalue weighted by atomic mass is 10.0. The van der Waals surface area contributed by atoms with Gasteiger partial charge in [-0.05, 0) is 61.7 Å². The van der Waals surface area contributed by atoms with E-state index in [0.29, 0.717) is 24.4 Å². The van der Waals surface area contributed by atoms with Gasteiger partial charge in [0, 0.05) is 18.4 Å². The Balaban J connectivity index is 1.98. The minimum Gasteiger partial charge on any atom is -0.508 e. The molecule has 6 heteroatoms. The molecule has 0 aliphatic heterocycles. The quantitative estimate of drug-likeness (QED) is 0.223. The second-order valence-corrected chi connectivity index (χ2v) is 8.50. The van der Waals surface area contributed by atoms with Crippen LogP contribution in [0.4, 0.5) is 5.82 Å². The summed E-state index contributed by atoms with van der Waals surface area (Å²) in [6.45, 7) is 5.83. The number of aryl methyl sites for hydroxylation is 2. The number of carbonyl (C=O) groups is 1. The minimum absolute atomic E-state index is 0.120. The molecule has 0 spiro atoms. The monoisotopic (exact) mass is 483 g/mol. The van der Waals surface area contributed by atoms with Crippen LogP contribution < -0.4 is 5.32 Å². The number of aromatic nitrogens is 2. The summed E-state index contributed by atoms with van der Waals surface area (Å²) in [6.07, 6.45) is 10.4. The van der Waals surface area contributed by atoms with E-state index in [2.05, 4.69) is 12.2 Å². The molecule has 0 aliphatic rings. The number of phenols is 1. The van der Waals surface area contributed by atoms with Crippen molar-refractivity contribution >= 4 is 11.7 Å². The molecule has 0 radical (unpaired) electrons. The van der Waals surface area contributed by atoms with Gasteiger partial charge in [0.15, 0.2) is 5.82 Å². The third kappa shape index (κ3) is 7.40. The van der Waals surface area contributed by atoms with Gasteiger partial charge < -0.3 is 15.5 Å². The molecular formula is C30H33N3O3. The highest BCUT2D eigenvalue weighted by molar-refractivity contribution is 5.91. The van der Waals surface area contributed by atoms with Crippen LogP contribution >= 0.6 is 0 Å². The molecule has 0 fully saturated rings. The third-order valence-electron chi connectivity index (χ3n) is 5.51. The van der Waals surface area contributed by atoms with Crippen LogP contribution in [0.15, 0.2) is 84.7 Å². The van der Waals surface area contributed by atoms with E-state index in [9.17, 15) is 15.0 Å². The molecule has 3 N–H and O–H groups in total. The zero-order valence-electron chi connectivity index (χ0n) is 21.0. The fourth-order valence-electron chi connectivity index (χ4n) is 3.81. The predicted octanol–water partition coefficient (Wildman–Crippen LogP) is 6.60. The number of allylic oxidation sites excluding steroid dienone is 4. The van der Waals surface area contributed by atoms with Gasteiger partial charge in [-0.1, -0.05) is 61.9 Å². The summed E-state index contributed by atoms with van der Waals surface area (Å²) in [5.74, 6) is 0.559. The zero-order chi connectivity index (χ0) is 25.9. The van der Waals surface area contributed by atoms with Crippen molar-refractivity contribution in [2.75, 3.05) is 5.32 Å². The van der Waals surface area contributed by atoms with Crippen molar-refractivity contribution < 1.29 is 15.0 Å². The SMILES string of the molecule is C\C=C/C(O)=C\C=C\CC(=O)Nc1nc(CCC)c(-c2ccc(O)cc2C)nc1Cc1ccccc1. The number of amides is 1. The van der Waals surface area contributed by atoms with Crippen molar-refractivity contribution in [2.24, 2.45) is 0 Å². The molecule has 1 aromatic heterocycles. The smallest absolute Gasteiger partial charge is 0.229 e. The lowest BCUT2D eigenvalue weighted by Crippen LogP contribution is -2.16. The van der Waals surface area contributed by atoms with E-state index in [1.54, 1.807) is 36.4 Å². The maximum atomic E-state index is 12.7. The summed E-state index contributed by atoms with van der Waals surface area (Å²) in [5, 5.41) is 22.5. The van der Waals surface area contributed by atoms with Crippen molar-refractivity contribution in [3.05, 3.63) is 107 Å². The fourth-order valence-corrected chi connectivity index (χ4v) is 3.81. The summed E-state index contributed by atoms with van der Waals surface area (Å²) >= 11 is 0. The van der Waals surface area contributed by atoms with Crippen LogP contribution in [0.2, 0.25) is 0 Å². The number of benzene rings is 2. The Kier molecular flexibility index (Phi) is 9.57. The number of anilines is 1. The number of aromatic hydroxyl groups is 1. The van der Waals surface area contributed by atoms with Crippen LogP contribution in [0.3, 0.4) is 0 Å². The van der Waals surface area contributed by atoms with Gasteiger partial charge in [0.1, 0.15) is 11.5 Å². The van der Waals surface area contributed by atoms with Crippen molar-refractivity contribution in [1.29, 1.82) is 0 Å². The van der Waals surface area contributed by atoms with Gasteiger partial charge >= 0.3 is 0 Å². The van der Waals surface area contributed by atoms with Crippen molar-refractivity contribution in [3.8, 4) is 17.0 Å². The molecule has 186 valence electrons. The average Bonchev–Trinajstić information content (AvgIpc) is 2.85. The molecular weight excluding hydrogens is 450 g/mol. The lowest BCUT2D eigenvalue weighted by Gasteiger charge is -2.16. The standard InChI is InChI=1S/C30H33N3O3/c1-4-11-23(34)15-9-10-16-28(36)33-30-27(20-22-13-7-6-8-14-22)31-29(26(32-30)12-5-2)25-18-17-24(35)19-21(25)3/h4,6-11,13-15,17-19,34-35H,5,12,16,20H2,1-3H3,(H,32,33,36)/b10-9+,11-4-,23-15+. The number of aliphatic hydroxyl groups excluding tert-OH is 1. The minimum atomic E-state index is -0.218. The summed E-state index contributed by atoms with van der Waals surface area (Å²) < 4.78 is 0. The molecule has 3 aromatic rings. The molecule has 36 heavy (non-hydrogen) atoms. The number of nitrogens with zero attached hydrogens (tertiary/aromatic N) is 2. The van der Waals surface area contributed by atoms with Gasteiger partial charge in [0.05, 0.1) is 17.1 Å². The number of aliphatic hydroxyl groups is 1. The summed E-state index contributed by atoms with van der Waals surface area (Å²) in [4.78, 5) is 22.6. The van der Waals surface area contributed by atoms with E-state index in [1.807, 2.05) is 50.2 Å². The van der Waals surface area contributed by atoms with E-state index in [0.717, 1.165) is 34.5 Å². The first-order chi connectivity index (χ1) is 17.4. The Morgan fingerprint density at radius 1 is 1.08 bits per heavy atom. The average molecular weight is 484 g/mol. The number of phenolic OH excluding ortho intramolecular Hbond substituents is 1. The largest absolute Gasteiger partial charge is 0.508 e. The van der Waals surface area contributed by atoms with Crippen LogP contribution in [0.25, 0.3) is 11.3 Å². The normalized spacial score (nSPS) is 11.9. The van der Waals surface area contributed by atoms with Crippen LogP contribution in [-0.2, 0) is 17.6 Å². The van der Waals surface area contributed by atoms with Crippen molar-refractivity contribution in [1.82, 2.24) is 9.97 Å². The number of carbonyl (C=O) groups excluding carboxylic acids is 1. The van der Waals surface area contributed by atoms with E-state index in [4.69, 9.17) is 9.97 Å². The molecule has 0 aliphatic carbocycles. The highest BCUT2D eigenvalue weighted by Crippen LogP contribution is 2.30. The Bertz CT molecular complexity index is 1280. The molecule has 0 unspecified atom stereocenters. The number of rotatable bonds is 10. The molecule has 0 saturated heterocycles. The van der Waals surface area contributed by atoms with Gasteiger partial charge in [0.25, 0.3) is 0 Å². The molecule has 0 saturated carbocycles. The van der Waals surface area contributed by atoms with Gasteiger partial charge in [0.2, 0.25) is 5.91 Å². The number of hydrogen-bond acceptors (Lipinski definition) is 5. The predicted molar refractivity (Wildman–Crippen MR) is 145 cm³/mol. The number of hydrogen-bond donors (Lipinski definition) is 3. The van der Waals surface area contributed by atoms with Crippen LogP contribution in [0.5, 0.6) is 5.75 Å². The zero-order valence-corrected chi connectivity index (χ0v) is 21.0. The van der Waals surface area contributed by atoms with Gasteiger partial charge in [-0.3, -0.25) is 4.79 Å². The second kappa shape index (κ2) is 13.0. The van der Waals surface area contributed by atoms with Crippen LogP contribution in [0, 0.1) is 6.92 Å². The van der Waals surface area contributed by atoms with Gasteiger partial charge in [-0.15, -0.1) is 0 Å². The molecule has 3 rings (SSSR count). The Morgan fingerprint density at radius 2 is 1.86 bits per heavy atom. The first-order valence-electron chi connectivity index (χ1n) is 12.1. The van der Waals surface area contributed by atoms with E-state index in [-0.39, 0.29) is 23.8 Å². The Labute approximate surface area is 212 Å². The summed E-state index contributed by atoms with van der Waals surface area (Å²) in [6, 6.07) is 15.2. The van der Waals surface area contributed by atoms with Crippen molar-refractivity contribution in [3.63, 3.8) is 0 Å². The summed E-state index contributed by atoms with van der Waals surface area (Å²) in [5.41, 5.74) is 5.11. The second-order valence-electron chi connectivity index (χ2n) is 8.50. The fraction of sp³-hybridized carbons (Fsp3) is 0.233. The molecule has 1 amide bonds. The first-order valence-corrected chi connectivity index (χ1v) is 12.1. The Hall–Kier alpha value is -4.19. The first kappa shape index (κ1) is 26.4. The third-order valence-corrected chi connectivity index (χ3v) is 5.51. The van der Waals surface area contributed by atoms with Gasteiger partial charge in [-0.2, -0.15) is 0 Å². The highest BCUT2D eigenvalue weighted by Gasteiger charge is 2.18.